The van der Waals surface area contributed by atoms with Crippen LogP contribution in [0.25, 0.3) is 99.5 Å². The van der Waals surface area contributed by atoms with Crippen molar-refractivity contribution >= 4 is 54.8 Å². The van der Waals surface area contributed by atoms with E-state index in [1.54, 1.807) is 54.6 Å². The molecule has 10 aromatic rings. The molecule has 0 unspecified atom stereocenters. The largest absolute Gasteiger partial charge is 0.416 e. The fourth-order valence-corrected chi connectivity index (χ4v) is 10.8. The van der Waals surface area contributed by atoms with Gasteiger partial charge in [0.1, 0.15) is 0 Å². The average molecular weight is 984 g/mol. The molecule has 0 fully saturated rings. The highest BCUT2D eigenvalue weighted by Crippen LogP contribution is 2.45. The lowest BCUT2D eigenvalue weighted by molar-refractivity contribution is -0.137. The van der Waals surface area contributed by atoms with Crippen molar-refractivity contribution in [3.8, 4) is 75.1 Å². The van der Waals surface area contributed by atoms with Crippen LogP contribution in [0.4, 0.5) is 13.2 Å². The Morgan fingerprint density at radius 2 is 0.961 bits per heavy atom. The summed E-state index contributed by atoms with van der Waals surface area (Å²) in [5, 5.41) is 55.9. The van der Waals surface area contributed by atoms with Crippen molar-refractivity contribution in [2.24, 2.45) is 0 Å². The highest BCUT2D eigenvalue weighted by atomic mass is 19.4. The van der Waals surface area contributed by atoms with Crippen LogP contribution in [0, 0.1) is 56.7 Å². The molecule has 0 atom stereocenters. The maximum atomic E-state index is 15.1. The Bertz CT molecular complexity index is 4580. The zero-order valence-electron chi connectivity index (χ0n) is 40.2. The molecule has 7 nitrogen and oxygen atoms in total. The summed E-state index contributed by atoms with van der Waals surface area (Å²) in [6.45, 7) is 0. The Kier molecular flexibility index (Phi) is 11.2. The van der Waals surface area contributed by atoms with Gasteiger partial charge in [-0.3, -0.25) is 0 Å². The van der Waals surface area contributed by atoms with Crippen molar-refractivity contribution in [3.63, 3.8) is 0 Å². The van der Waals surface area contributed by atoms with Gasteiger partial charge in [0, 0.05) is 39.1 Å². The smallest absolute Gasteiger partial charge is 0.308 e. The maximum absolute atomic E-state index is 15.1. The van der Waals surface area contributed by atoms with E-state index in [0.29, 0.717) is 74.1 Å². The van der Waals surface area contributed by atoms with Crippen molar-refractivity contribution in [2.75, 3.05) is 0 Å². The normalized spacial score (nSPS) is 14.7. The van der Waals surface area contributed by atoms with Gasteiger partial charge in [-0.05, 0) is 147 Å². The maximum Gasteiger partial charge on any atom is 0.416 e. The predicted molar refractivity (Wildman–Crippen MR) is 292 cm³/mol. The molecule has 12 rings (SSSR count). The highest BCUT2D eigenvalue weighted by molar-refractivity contribution is 6.13. The summed E-state index contributed by atoms with van der Waals surface area (Å²) in [5.41, 5.74) is 10.6. The minimum absolute atomic E-state index is 0.232. The van der Waals surface area contributed by atoms with Crippen molar-refractivity contribution in [2.45, 2.75) is 19.0 Å². The van der Waals surface area contributed by atoms with Crippen LogP contribution in [-0.4, -0.2) is 9.13 Å². The van der Waals surface area contributed by atoms with Gasteiger partial charge in [-0.1, -0.05) is 103 Å². The molecular formula is C66H36F3N7. The summed E-state index contributed by atoms with van der Waals surface area (Å²) in [5.74, 6) is 0. The third-order valence-electron chi connectivity index (χ3n) is 14.3. The quantitative estimate of drug-likeness (QED) is 0.170. The SMILES string of the molecule is N#CC1=CC(=c2ccc3c4ccc(=C5C=CC=C(C#N)C5)cc4n(-c4cc(C#N)cc(-n5c6cc(-c7cccc(C#N)c7)ccc6c6ccc(-c7cccc(C#N)c7)cc65)c4-c4cccc(C(F)(F)F)c4)c3c2)CC=C1. The van der Waals surface area contributed by atoms with Crippen LogP contribution in [0.2, 0.25) is 0 Å². The van der Waals surface area contributed by atoms with Crippen LogP contribution in [0.1, 0.15) is 35.1 Å². The van der Waals surface area contributed by atoms with Gasteiger partial charge in [0.25, 0.3) is 0 Å². The molecule has 0 amide bonds. The molecule has 0 spiro atoms. The minimum atomic E-state index is -4.71. The highest BCUT2D eigenvalue weighted by Gasteiger charge is 2.32. The summed E-state index contributed by atoms with van der Waals surface area (Å²) < 4.78 is 49.3. The molecule has 0 bridgehead atoms. The van der Waals surface area contributed by atoms with Crippen LogP contribution in [0.15, 0.2) is 205 Å². The standard InChI is InChI=1S/C66H36F3N7/c67-66(68,69)54-15-5-14-53(30-54)65-63(75-59-31-49(45-10-1-6-40(24-45)35-70)16-20-55(59)56-21-17-50(32-60(56)75)46-11-2-7-41(25-46)36-71)28-44(39-74)29-64(65)76-61-33-51(47-12-3-8-42(26-47)37-72)18-22-57(61)58-23-19-52(34-62(58)76)48-13-4-9-43(27-48)38-73/h1-12,14-25,27-34H,13,26H2. The summed E-state index contributed by atoms with van der Waals surface area (Å²) in [6, 6.07) is 58.8. The lowest BCUT2D eigenvalue weighted by atomic mass is 9.96. The number of alkyl halides is 3. The Hall–Kier alpha value is -10.7. The number of nitrogens with zero attached hydrogens (tertiary/aromatic N) is 7. The number of nitriles is 5. The second-order valence-electron chi connectivity index (χ2n) is 18.8. The molecule has 76 heavy (non-hydrogen) atoms. The van der Waals surface area contributed by atoms with Crippen molar-refractivity contribution in [3.05, 3.63) is 238 Å². The summed E-state index contributed by atoms with van der Waals surface area (Å²) in [6.07, 6.45) is 7.43. The number of allylic oxidation sites excluding steroid dienone is 8. The van der Waals surface area contributed by atoms with Crippen LogP contribution in [0.3, 0.4) is 0 Å². The van der Waals surface area contributed by atoms with Crippen LogP contribution < -0.4 is 10.4 Å². The van der Waals surface area contributed by atoms with E-state index >= 15 is 13.2 Å². The number of hydrogen-bond acceptors (Lipinski definition) is 5. The monoisotopic (exact) mass is 983 g/mol. The zero-order valence-corrected chi connectivity index (χ0v) is 40.2. The summed E-state index contributed by atoms with van der Waals surface area (Å²) in [4.78, 5) is 0. The lowest BCUT2D eigenvalue weighted by Crippen LogP contribution is -2.10. The summed E-state index contributed by atoms with van der Waals surface area (Å²) >= 11 is 0. The number of rotatable bonds is 5. The van der Waals surface area contributed by atoms with Crippen molar-refractivity contribution in [1.82, 2.24) is 9.13 Å². The Labute approximate surface area is 433 Å². The molecule has 356 valence electrons. The lowest BCUT2D eigenvalue weighted by Gasteiger charge is -2.22. The van der Waals surface area contributed by atoms with Gasteiger partial charge >= 0.3 is 6.18 Å². The molecule has 0 saturated carbocycles. The van der Waals surface area contributed by atoms with E-state index in [4.69, 9.17) is 0 Å². The van der Waals surface area contributed by atoms with Crippen molar-refractivity contribution < 1.29 is 13.2 Å². The molecule has 2 heterocycles. The molecule has 2 aliphatic rings. The first kappa shape index (κ1) is 46.4. The van der Waals surface area contributed by atoms with Crippen LogP contribution in [-0.2, 0) is 6.18 Å². The van der Waals surface area contributed by atoms with Gasteiger partial charge in [-0.2, -0.15) is 39.5 Å². The third-order valence-corrected chi connectivity index (χ3v) is 14.3. The Balaban J connectivity index is 1.27. The van der Waals surface area contributed by atoms with Gasteiger partial charge < -0.3 is 9.13 Å². The average Bonchev–Trinajstić information content (AvgIpc) is 3.99. The fourth-order valence-electron chi connectivity index (χ4n) is 10.8. The molecule has 2 aliphatic carbocycles. The van der Waals surface area contributed by atoms with Crippen LogP contribution in [0.5, 0.6) is 0 Å². The fraction of sp³-hybridized carbons (Fsp3) is 0.0455. The molecule has 0 radical (unpaired) electrons. The predicted octanol–water partition coefficient (Wildman–Crippen LogP) is 14.6. The molecule has 0 N–H and O–H groups in total. The molecule has 8 aromatic carbocycles. The van der Waals surface area contributed by atoms with E-state index in [1.807, 2.05) is 131 Å². The molecule has 2 aromatic heterocycles. The first-order valence-electron chi connectivity index (χ1n) is 24.3. The Morgan fingerprint density at radius 1 is 0.447 bits per heavy atom. The van der Waals surface area contributed by atoms with Gasteiger partial charge in [0.05, 0.1) is 91.6 Å². The first-order valence-corrected chi connectivity index (χ1v) is 24.3. The second kappa shape index (κ2) is 18.4. The first-order chi connectivity index (χ1) is 37.0. The minimum Gasteiger partial charge on any atom is -0.308 e. The van der Waals surface area contributed by atoms with Crippen LogP contribution >= 0.6 is 0 Å². The number of fused-ring (bicyclic) bond motifs is 6. The Morgan fingerprint density at radius 3 is 1.50 bits per heavy atom. The molecule has 0 saturated heterocycles. The topological polar surface area (TPSA) is 129 Å². The van der Waals surface area contributed by atoms with E-state index in [9.17, 15) is 26.3 Å². The number of aromatic nitrogens is 2. The molecule has 10 heteroatoms. The van der Waals surface area contributed by atoms with Gasteiger partial charge in [0.2, 0.25) is 0 Å². The van der Waals surface area contributed by atoms with Crippen molar-refractivity contribution in [1.29, 1.82) is 26.3 Å². The van der Waals surface area contributed by atoms with E-state index in [-0.39, 0.29) is 11.1 Å². The zero-order chi connectivity index (χ0) is 52.2. The van der Waals surface area contributed by atoms with Gasteiger partial charge in [-0.25, -0.2) is 0 Å². The molecule has 0 aliphatic heterocycles. The second-order valence-corrected chi connectivity index (χ2v) is 18.8. The number of benzene rings is 8. The van der Waals surface area contributed by atoms with Gasteiger partial charge in [0.15, 0.2) is 0 Å². The number of halogens is 3. The van der Waals surface area contributed by atoms with E-state index < -0.39 is 11.7 Å². The van der Waals surface area contributed by atoms with E-state index in [2.05, 4.69) is 30.3 Å². The number of hydrogen-bond donors (Lipinski definition) is 0. The van der Waals surface area contributed by atoms with E-state index in [0.717, 1.165) is 77.5 Å². The summed E-state index contributed by atoms with van der Waals surface area (Å²) in [7, 11) is 0. The molecular weight excluding hydrogens is 948 g/mol. The van der Waals surface area contributed by atoms with Gasteiger partial charge in [-0.15, -0.1) is 0 Å². The van der Waals surface area contributed by atoms with E-state index in [1.165, 1.54) is 6.07 Å². The third kappa shape index (κ3) is 7.99.